The van der Waals surface area contributed by atoms with Crippen molar-refractivity contribution in [1.29, 1.82) is 0 Å². The lowest BCUT2D eigenvalue weighted by molar-refractivity contribution is 0.0779. The summed E-state index contributed by atoms with van der Waals surface area (Å²) in [6.07, 6.45) is 0. The highest BCUT2D eigenvalue weighted by atomic mass is 32.2. The van der Waals surface area contributed by atoms with Gasteiger partial charge >= 0.3 is 0 Å². The van der Waals surface area contributed by atoms with Crippen molar-refractivity contribution in [2.75, 3.05) is 0 Å². The molecule has 0 saturated heterocycles. The predicted molar refractivity (Wildman–Crippen MR) is 50.5 cm³/mol. The fourth-order valence-corrected chi connectivity index (χ4v) is 1.91. The minimum absolute atomic E-state index is 0.134. The van der Waals surface area contributed by atoms with Gasteiger partial charge in [0.15, 0.2) is 0 Å². The first-order chi connectivity index (χ1) is 5.45. The van der Waals surface area contributed by atoms with Crippen LogP contribution in [0.1, 0.15) is 24.5 Å². The Kier molecular flexibility index (Phi) is 2.77. The van der Waals surface area contributed by atoms with Crippen LogP contribution >= 0.6 is 24.0 Å². The summed E-state index contributed by atoms with van der Waals surface area (Å²) >= 11 is 5.40. The van der Waals surface area contributed by atoms with E-state index in [9.17, 15) is 5.11 Å². The van der Waals surface area contributed by atoms with E-state index in [0.717, 1.165) is 0 Å². The van der Waals surface area contributed by atoms with E-state index in [-0.39, 0.29) is 6.61 Å². The molecule has 0 aliphatic heterocycles. The molecule has 0 aliphatic rings. The molecule has 3 nitrogen and oxygen atoms in total. The molecule has 0 fully saturated rings. The van der Waals surface area contributed by atoms with Gasteiger partial charge in [0.05, 0.1) is 16.5 Å². The average molecular weight is 205 g/mol. The number of nitrogens with zero attached hydrogens (tertiary/aromatic N) is 1. The Labute approximate surface area is 80.5 Å². The van der Waals surface area contributed by atoms with Gasteiger partial charge in [0.2, 0.25) is 0 Å². The summed E-state index contributed by atoms with van der Waals surface area (Å²) in [5.41, 5.74) is -0.421. The van der Waals surface area contributed by atoms with Crippen LogP contribution in [0.2, 0.25) is 0 Å². The number of aliphatic hydroxyl groups excluding tert-OH is 1. The predicted octanol–water partition coefficient (Wildman–Crippen LogP) is 1.15. The van der Waals surface area contributed by atoms with Crippen LogP contribution in [0, 0.1) is 0 Å². The largest absolute Gasteiger partial charge is 0.390 e. The van der Waals surface area contributed by atoms with Gasteiger partial charge in [0, 0.05) is 0 Å². The van der Waals surface area contributed by atoms with Crippen molar-refractivity contribution in [2.24, 2.45) is 0 Å². The van der Waals surface area contributed by atoms with Crippen LogP contribution in [0.25, 0.3) is 0 Å². The number of rotatable bonds is 2. The fourth-order valence-electron chi connectivity index (χ4n) is 0.708. The lowest BCUT2D eigenvalue weighted by atomic mass is 10.2. The molecular weight excluding hydrogens is 194 g/mol. The summed E-state index contributed by atoms with van der Waals surface area (Å²) in [5, 5.41) is 18.9. The molecule has 1 rings (SSSR count). The van der Waals surface area contributed by atoms with Crippen molar-refractivity contribution in [1.82, 2.24) is 4.98 Å². The van der Waals surface area contributed by atoms with Crippen molar-refractivity contribution < 1.29 is 10.2 Å². The van der Waals surface area contributed by atoms with E-state index in [1.807, 2.05) is 0 Å². The third kappa shape index (κ3) is 1.98. The minimum atomic E-state index is -0.949. The zero-order valence-electron chi connectivity index (χ0n) is 6.90. The maximum atomic E-state index is 9.55. The van der Waals surface area contributed by atoms with Gasteiger partial charge in [-0.05, 0) is 13.8 Å². The molecule has 0 aliphatic carbocycles. The second-order valence-electron chi connectivity index (χ2n) is 2.99. The van der Waals surface area contributed by atoms with Crippen molar-refractivity contribution in [3.8, 4) is 0 Å². The summed E-state index contributed by atoms with van der Waals surface area (Å²) < 4.78 is 0.662. The molecule has 12 heavy (non-hydrogen) atoms. The quantitative estimate of drug-likeness (QED) is 0.635. The van der Waals surface area contributed by atoms with Gasteiger partial charge in [-0.2, -0.15) is 0 Å². The Balaban J connectivity index is 3.05. The van der Waals surface area contributed by atoms with Gasteiger partial charge in [-0.25, -0.2) is 4.98 Å². The second-order valence-corrected chi connectivity index (χ2v) is 4.74. The van der Waals surface area contributed by atoms with Gasteiger partial charge in [-0.3, -0.25) is 0 Å². The van der Waals surface area contributed by atoms with E-state index < -0.39 is 5.60 Å². The third-order valence-corrected chi connectivity index (χ3v) is 3.09. The summed E-state index contributed by atoms with van der Waals surface area (Å²) in [7, 11) is 0. The van der Waals surface area contributed by atoms with Crippen LogP contribution in [0.3, 0.4) is 0 Å². The smallest absolute Gasteiger partial charge is 0.125 e. The monoisotopic (exact) mass is 205 g/mol. The van der Waals surface area contributed by atoms with Crippen molar-refractivity contribution in [2.45, 2.75) is 30.3 Å². The topological polar surface area (TPSA) is 53.4 Å². The van der Waals surface area contributed by atoms with Gasteiger partial charge in [-0.15, -0.1) is 24.0 Å². The first kappa shape index (κ1) is 9.98. The molecule has 2 N–H and O–H groups in total. The Morgan fingerprint density at radius 3 is 2.42 bits per heavy atom. The fraction of sp³-hybridized carbons (Fsp3) is 0.571. The number of aromatic nitrogens is 1. The van der Waals surface area contributed by atoms with Crippen LogP contribution in [-0.4, -0.2) is 15.2 Å². The molecule has 0 spiro atoms. The molecule has 0 unspecified atom stereocenters. The molecule has 0 amide bonds. The Morgan fingerprint density at radius 2 is 2.17 bits per heavy atom. The SMILES string of the molecule is CC(C)(O)c1nc(CO)c(S)s1. The first-order valence-corrected chi connectivity index (χ1v) is 4.74. The zero-order valence-corrected chi connectivity index (χ0v) is 8.62. The number of thiazole rings is 1. The average Bonchev–Trinajstić information content (AvgIpc) is 2.29. The molecule has 5 heteroatoms. The molecule has 1 aromatic heterocycles. The molecule has 0 bridgehead atoms. The van der Waals surface area contributed by atoms with Crippen LogP contribution in [-0.2, 0) is 12.2 Å². The van der Waals surface area contributed by atoms with Crippen LogP contribution in [0.5, 0.6) is 0 Å². The summed E-state index contributed by atoms with van der Waals surface area (Å²) in [4.78, 5) is 4.04. The number of aliphatic hydroxyl groups is 2. The highest BCUT2D eigenvalue weighted by Gasteiger charge is 2.21. The van der Waals surface area contributed by atoms with Gasteiger partial charge in [-0.1, -0.05) is 0 Å². The van der Waals surface area contributed by atoms with Crippen LogP contribution < -0.4 is 0 Å². The van der Waals surface area contributed by atoms with E-state index >= 15 is 0 Å². The van der Waals surface area contributed by atoms with Gasteiger partial charge < -0.3 is 10.2 Å². The van der Waals surface area contributed by atoms with E-state index in [4.69, 9.17) is 5.11 Å². The lowest BCUT2D eigenvalue weighted by Gasteiger charge is -2.12. The number of hydrogen-bond donors (Lipinski definition) is 3. The Hall–Kier alpha value is -0.100. The Morgan fingerprint density at radius 1 is 1.58 bits per heavy atom. The zero-order chi connectivity index (χ0) is 9.35. The molecule has 0 aromatic carbocycles. The number of thiol groups is 1. The van der Waals surface area contributed by atoms with E-state index in [1.165, 1.54) is 11.3 Å². The van der Waals surface area contributed by atoms with Crippen LogP contribution in [0.4, 0.5) is 0 Å². The Bertz CT molecular complexity index is 277. The van der Waals surface area contributed by atoms with E-state index in [1.54, 1.807) is 13.8 Å². The first-order valence-electron chi connectivity index (χ1n) is 3.47. The minimum Gasteiger partial charge on any atom is -0.390 e. The second kappa shape index (κ2) is 3.33. The molecule has 0 atom stereocenters. The molecule has 1 heterocycles. The summed E-state index contributed by atoms with van der Waals surface area (Å²) in [5.74, 6) is 0. The van der Waals surface area contributed by atoms with E-state index in [2.05, 4.69) is 17.6 Å². The van der Waals surface area contributed by atoms with E-state index in [0.29, 0.717) is 14.9 Å². The van der Waals surface area contributed by atoms with Crippen LogP contribution in [0.15, 0.2) is 4.21 Å². The van der Waals surface area contributed by atoms with Crippen molar-refractivity contribution in [3.63, 3.8) is 0 Å². The normalized spacial score (nSPS) is 12.1. The molecule has 0 saturated carbocycles. The van der Waals surface area contributed by atoms with Crippen molar-refractivity contribution >= 4 is 24.0 Å². The molecule has 68 valence electrons. The maximum absolute atomic E-state index is 9.55. The third-order valence-electron chi connectivity index (χ3n) is 1.35. The highest BCUT2D eigenvalue weighted by Crippen LogP contribution is 2.29. The standard InChI is InChI=1S/C7H11NO2S2/c1-7(2,10)6-8-4(3-9)5(11)12-6/h9-11H,3H2,1-2H3. The lowest BCUT2D eigenvalue weighted by Crippen LogP contribution is -2.14. The summed E-state index contributed by atoms with van der Waals surface area (Å²) in [6.45, 7) is 3.17. The molecule has 0 radical (unpaired) electrons. The number of hydrogen-bond acceptors (Lipinski definition) is 5. The molecule has 1 aromatic rings. The van der Waals surface area contributed by atoms with Gasteiger partial charge in [0.1, 0.15) is 10.6 Å². The van der Waals surface area contributed by atoms with Crippen molar-refractivity contribution in [3.05, 3.63) is 10.7 Å². The maximum Gasteiger partial charge on any atom is 0.125 e. The van der Waals surface area contributed by atoms with Gasteiger partial charge in [0.25, 0.3) is 0 Å². The highest BCUT2D eigenvalue weighted by molar-refractivity contribution is 7.82. The molecular formula is C7H11NO2S2. The summed E-state index contributed by atoms with van der Waals surface area (Å²) in [6, 6.07) is 0.